The molecule has 2 heterocycles. The lowest BCUT2D eigenvalue weighted by atomic mass is 10.2. The van der Waals surface area contributed by atoms with E-state index in [1.54, 1.807) is 22.9 Å². The smallest absolute Gasteiger partial charge is 0.273 e. The van der Waals surface area contributed by atoms with Crippen molar-refractivity contribution in [1.29, 1.82) is 0 Å². The van der Waals surface area contributed by atoms with Gasteiger partial charge in [-0.1, -0.05) is 23.7 Å². The van der Waals surface area contributed by atoms with E-state index in [0.29, 0.717) is 21.2 Å². The summed E-state index contributed by atoms with van der Waals surface area (Å²) >= 11 is 7.40. The number of hydrogen-bond acceptors (Lipinski definition) is 4. The second-order valence-electron chi connectivity index (χ2n) is 5.75. The van der Waals surface area contributed by atoms with Gasteiger partial charge in [-0.15, -0.1) is 11.3 Å². The highest BCUT2D eigenvalue weighted by atomic mass is 35.5. The van der Waals surface area contributed by atoms with Gasteiger partial charge in [0.05, 0.1) is 12.8 Å². The van der Waals surface area contributed by atoms with Crippen LogP contribution < -0.4 is 10.3 Å². The first-order chi connectivity index (χ1) is 12.6. The number of nitrogens with zero attached hydrogens (tertiary/aromatic N) is 1. The van der Waals surface area contributed by atoms with Crippen molar-refractivity contribution in [2.75, 3.05) is 7.11 Å². The standard InChI is InChI=1S/C20H14ClNO3S/c1-25-17-11-15(6-7-16(17)23)22-9-8-13-10-18(26-19(13)20(22)24)12-2-4-14(21)5-3-12/h2-11,23H,1H3. The van der Waals surface area contributed by atoms with Crippen LogP contribution in [0.4, 0.5) is 0 Å². The van der Waals surface area contributed by atoms with E-state index in [-0.39, 0.29) is 11.3 Å². The summed E-state index contributed by atoms with van der Waals surface area (Å²) in [7, 11) is 1.47. The Hall–Kier alpha value is -2.76. The molecule has 6 heteroatoms. The number of ether oxygens (including phenoxy) is 1. The van der Waals surface area contributed by atoms with Crippen molar-refractivity contribution in [3.8, 4) is 27.6 Å². The number of rotatable bonds is 3. The zero-order valence-corrected chi connectivity index (χ0v) is 15.3. The van der Waals surface area contributed by atoms with Gasteiger partial charge in [0.2, 0.25) is 0 Å². The maximum atomic E-state index is 13.0. The molecule has 130 valence electrons. The van der Waals surface area contributed by atoms with Gasteiger partial charge in [-0.2, -0.15) is 0 Å². The van der Waals surface area contributed by atoms with Crippen LogP contribution in [0.5, 0.6) is 11.5 Å². The molecule has 0 saturated carbocycles. The zero-order valence-electron chi connectivity index (χ0n) is 13.8. The summed E-state index contributed by atoms with van der Waals surface area (Å²) in [6.07, 6.45) is 1.73. The summed E-state index contributed by atoms with van der Waals surface area (Å²) in [6.45, 7) is 0. The molecule has 0 fully saturated rings. The summed E-state index contributed by atoms with van der Waals surface area (Å²) in [6, 6.07) is 16.3. The number of aromatic nitrogens is 1. The molecule has 2 aromatic carbocycles. The van der Waals surface area contributed by atoms with Crippen LogP contribution in [0.2, 0.25) is 5.02 Å². The highest BCUT2D eigenvalue weighted by Gasteiger charge is 2.12. The fraction of sp³-hybridized carbons (Fsp3) is 0.0500. The molecule has 4 aromatic rings. The molecule has 0 bridgehead atoms. The van der Waals surface area contributed by atoms with Crippen molar-refractivity contribution in [1.82, 2.24) is 4.57 Å². The minimum Gasteiger partial charge on any atom is -0.504 e. The van der Waals surface area contributed by atoms with Crippen molar-refractivity contribution in [2.45, 2.75) is 0 Å². The predicted molar refractivity (Wildman–Crippen MR) is 106 cm³/mol. The number of aromatic hydroxyl groups is 1. The third kappa shape index (κ3) is 2.85. The quantitative estimate of drug-likeness (QED) is 0.536. The summed E-state index contributed by atoms with van der Waals surface area (Å²) in [5.74, 6) is 0.356. The van der Waals surface area contributed by atoms with E-state index in [9.17, 15) is 9.90 Å². The van der Waals surface area contributed by atoms with E-state index < -0.39 is 0 Å². The van der Waals surface area contributed by atoms with Crippen molar-refractivity contribution >= 4 is 33.0 Å². The second kappa shape index (κ2) is 6.52. The van der Waals surface area contributed by atoms with Crippen molar-refractivity contribution in [3.63, 3.8) is 0 Å². The molecule has 26 heavy (non-hydrogen) atoms. The molecule has 0 aliphatic carbocycles. The minimum absolute atomic E-state index is 0.0338. The Labute approximate surface area is 158 Å². The number of halogens is 1. The maximum Gasteiger partial charge on any atom is 0.273 e. The van der Waals surface area contributed by atoms with Gasteiger partial charge in [0.1, 0.15) is 4.70 Å². The van der Waals surface area contributed by atoms with Crippen molar-refractivity contribution in [3.05, 3.63) is 76.2 Å². The van der Waals surface area contributed by atoms with E-state index in [4.69, 9.17) is 16.3 Å². The maximum absolute atomic E-state index is 13.0. The zero-order chi connectivity index (χ0) is 18.3. The van der Waals surface area contributed by atoms with Crippen LogP contribution in [0.15, 0.2) is 65.6 Å². The largest absolute Gasteiger partial charge is 0.504 e. The van der Waals surface area contributed by atoms with Crippen LogP contribution in [-0.4, -0.2) is 16.8 Å². The fourth-order valence-electron chi connectivity index (χ4n) is 2.80. The van der Waals surface area contributed by atoms with Crippen LogP contribution in [0.25, 0.3) is 26.2 Å². The number of fused-ring (bicyclic) bond motifs is 1. The lowest BCUT2D eigenvalue weighted by molar-refractivity contribution is 0.373. The normalized spacial score (nSPS) is 11.0. The Balaban J connectivity index is 1.85. The number of hydrogen-bond donors (Lipinski definition) is 1. The van der Waals surface area contributed by atoms with Crippen LogP contribution >= 0.6 is 22.9 Å². The van der Waals surface area contributed by atoms with Gasteiger partial charge < -0.3 is 9.84 Å². The van der Waals surface area contributed by atoms with Gasteiger partial charge in [0.15, 0.2) is 11.5 Å². The van der Waals surface area contributed by atoms with Crippen LogP contribution in [0, 0.1) is 0 Å². The second-order valence-corrected chi connectivity index (χ2v) is 7.24. The van der Waals surface area contributed by atoms with E-state index in [2.05, 4.69) is 0 Å². The summed E-state index contributed by atoms with van der Waals surface area (Å²) in [5, 5.41) is 11.3. The third-order valence-corrected chi connectivity index (χ3v) is 5.59. The minimum atomic E-state index is -0.111. The fourth-order valence-corrected chi connectivity index (χ4v) is 4.02. The van der Waals surface area contributed by atoms with Crippen LogP contribution in [-0.2, 0) is 0 Å². The van der Waals surface area contributed by atoms with Gasteiger partial charge >= 0.3 is 0 Å². The molecule has 2 aromatic heterocycles. The Bertz CT molecular complexity index is 1160. The van der Waals surface area contributed by atoms with Gasteiger partial charge in [0, 0.05) is 27.5 Å². The molecule has 4 rings (SSSR count). The average molecular weight is 384 g/mol. The number of thiophene rings is 1. The van der Waals surface area contributed by atoms with E-state index >= 15 is 0 Å². The number of phenolic OH excluding ortho intramolecular Hbond substituents is 1. The molecule has 0 spiro atoms. The molecule has 1 N–H and O–H groups in total. The SMILES string of the molecule is COc1cc(-n2ccc3cc(-c4ccc(Cl)cc4)sc3c2=O)ccc1O. The third-order valence-electron chi connectivity index (χ3n) is 4.15. The van der Waals surface area contributed by atoms with Crippen LogP contribution in [0.3, 0.4) is 0 Å². The molecule has 0 amide bonds. The molecular formula is C20H14ClNO3S. The molecule has 4 nitrogen and oxygen atoms in total. The Morgan fingerprint density at radius 1 is 1.08 bits per heavy atom. The van der Waals surface area contributed by atoms with Crippen LogP contribution in [0.1, 0.15) is 0 Å². The topological polar surface area (TPSA) is 51.5 Å². The first-order valence-electron chi connectivity index (χ1n) is 7.85. The molecule has 0 saturated heterocycles. The lowest BCUT2D eigenvalue weighted by Crippen LogP contribution is -2.16. The number of pyridine rings is 1. The summed E-state index contributed by atoms with van der Waals surface area (Å²) < 4.78 is 7.35. The predicted octanol–water partition coefficient (Wildman–Crippen LogP) is 5.09. The van der Waals surface area contributed by atoms with Crippen molar-refractivity contribution in [2.24, 2.45) is 0 Å². The molecule has 0 atom stereocenters. The van der Waals surface area contributed by atoms with Gasteiger partial charge in [-0.25, -0.2) is 0 Å². The van der Waals surface area contributed by atoms with Gasteiger partial charge in [0.25, 0.3) is 5.56 Å². The first-order valence-corrected chi connectivity index (χ1v) is 9.05. The van der Waals surface area contributed by atoms with E-state index in [0.717, 1.165) is 15.8 Å². The lowest BCUT2D eigenvalue weighted by Gasteiger charge is -2.09. The molecule has 0 aliphatic rings. The summed E-state index contributed by atoms with van der Waals surface area (Å²) in [4.78, 5) is 14.0. The molecule has 0 aliphatic heterocycles. The highest BCUT2D eigenvalue weighted by molar-refractivity contribution is 7.22. The molecule has 0 radical (unpaired) electrons. The monoisotopic (exact) mass is 383 g/mol. The Morgan fingerprint density at radius 3 is 2.58 bits per heavy atom. The highest BCUT2D eigenvalue weighted by Crippen LogP contribution is 2.33. The van der Waals surface area contributed by atoms with E-state index in [1.807, 2.05) is 36.4 Å². The van der Waals surface area contributed by atoms with E-state index in [1.165, 1.54) is 24.5 Å². The molecular weight excluding hydrogens is 370 g/mol. The van der Waals surface area contributed by atoms with Gasteiger partial charge in [-0.05, 0) is 42.0 Å². The average Bonchev–Trinajstić information content (AvgIpc) is 3.08. The Kier molecular flexibility index (Phi) is 4.18. The number of phenols is 1. The Morgan fingerprint density at radius 2 is 1.85 bits per heavy atom. The van der Waals surface area contributed by atoms with Gasteiger partial charge in [-0.3, -0.25) is 9.36 Å². The van der Waals surface area contributed by atoms with Crippen molar-refractivity contribution < 1.29 is 9.84 Å². The molecule has 0 unspecified atom stereocenters. The number of methoxy groups -OCH3 is 1. The summed E-state index contributed by atoms with van der Waals surface area (Å²) in [5.41, 5.74) is 1.54. The number of benzene rings is 2. The first kappa shape index (κ1) is 16.7.